The molecule has 0 atom stereocenters. The summed E-state index contributed by atoms with van der Waals surface area (Å²) in [5.41, 5.74) is 0.830. The molecule has 0 bridgehead atoms. The molecule has 0 aliphatic heterocycles. The quantitative estimate of drug-likeness (QED) is 0.404. The third-order valence-electron chi connectivity index (χ3n) is 2.44. The van der Waals surface area contributed by atoms with E-state index in [1.165, 1.54) is 0 Å². The Balaban J connectivity index is 2.51. The molecule has 0 saturated carbocycles. The van der Waals surface area contributed by atoms with Crippen LogP contribution in [0.25, 0.3) is 0 Å². The Morgan fingerprint density at radius 1 is 1.37 bits per heavy atom. The zero-order chi connectivity index (χ0) is 14.1. The minimum atomic E-state index is -0.246. The summed E-state index contributed by atoms with van der Waals surface area (Å²) in [5, 5.41) is 1.50. The molecule has 0 aliphatic carbocycles. The average Bonchev–Trinajstić information content (AvgIpc) is 2.37. The minimum absolute atomic E-state index is 0.234. The van der Waals surface area contributed by atoms with Crippen LogP contribution in [-0.2, 0) is 16.0 Å². The monoisotopic (exact) mass is 348 g/mol. The average molecular weight is 350 g/mol. The maximum atomic E-state index is 11.4. The van der Waals surface area contributed by atoms with Crippen molar-refractivity contribution in [3.05, 3.63) is 28.8 Å². The highest BCUT2D eigenvalue weighted by atomic mass is 79.9. The van der Waals surface area contributed by atoms with Gasteiger partial charge in [-0.25, -0.2) is 0 Å². The van der Waals surface area contributed by atoms with E-state index in [0.29, 0.717) is 24.0 Å². The van der Waals surface area contributed by atoms with Crippen molar-refractivity contribution in [1.29, 1.82) is 0 Å². The second kappa shape index (κ2) is 9.21. The molecule has 19 heavy (non-hydrogen) atoms. The molecule has 0 spiro atoms. The number of rotatable bonds is 8. The van der Waals surface area contributed by atoms with Crippen LogP contribution in [0.1, 0.15) is 25.3 Å². The molecule has 106 valence electrons. The van der Waals surface area contributed by atoms with Gasteiger partial charge in [-0.2, -0.15) is 0 Å². The Morgan fingerprint density at radius 2 is 2.16 bits per heavy atom. The Kier molecular flexibility index (Phi) is 7.91. The van der Waals surface area contributed by atoms with Gasteiger partial charge in [0.1, 0.15) is 5.75 Å². The maximum Gasteiger partial charge on any atom is 0.310 e. The Hall–Kier alpha value is -0.740. The van der Waals surface area contributed by atoms with Gasteiger partial charge in [-0.05, 0) is 37.5 Å². The molecular weight excluding hydrogens is 332 g/mol. The molecule has 1 aromatic carbocycles. The van der Waals surface area contributed by atoms with Crippen LogP contribution >= 0.6 is 27.5 Å². The molecule has 0 radical (unpaired) electrons. The van der Waals surface area contributed by atoms with Crippen LogP contribution in [0.2, 0.25) is 5.02 Å². The van der Waals surface area contributed by atoms with E-state index in [0.717, 1.165) is 23.7 Å². The molecule has 0 aliphatic rings. The summed E-state index contributed by atoms with van der Waals surface area (Å²) in [4.78, 5) is 11.4. The SMILES string of the molecule is CCOC(=O)Cc1ccc(OCCCCBr)c(Cl)c1. The van der Waals surface area contributed by atoms with Crippen LogP contribution in [0.5, 0.6) is 5.75 Å². The van der Waals surface area contributed by atoms with Crippen LogP contribution in [0, 0.1) is 0 Å². The first-order chi connectivity index (χ1) is 9.17. The Bertz CT molecular complexity index is 410. The predicted octanol–water partition coefficient (Wildman–Crippen LogP) is 4.00. The number of benzene rings is 1. The largest absolute Gasteiger partial charge is 0.492 e. The molecule has 0 aromatic heterocycles. The third kappa shape index (κ3) is 6.30. The van der Waals surface area contributed by atoms with Crippen LogP contribution < -0.4 is 4.74 Å². The lowest BCUT2D eigenvalue weighted by atomic mass is 10.1. The lowest BCUT2D eigenvalue weighted by Crippen LogP contribution is -2.07. The first-order valence-corrected chi connectivity index (χ1v) is 7.80. The van der Waals surface area contributed by atoms with Crippen molar-refractivity contribution in [2.75, 3.05) is 18.5 Å². The molecule has 1 aromatic rings. The highest BCUT2D eigenvalue weighted by molar-refractivity contribution is 9.09. The fourth-order valence-electron chi connectivity index (χ4n) is 1.53. The zero-order valence-electron chi connectivity index (χ0n) is 11.0. The molecule has 0 N–H and O–H groups in total. The van der Waals surface area contributed by atoms with E-state index in [4.69, 9.17) is 21.1 Å². The summed E-state index contributed by atoms with van der Waals surface area (Å²) in [6.07, 6.45) is 2.28. The maximum absolute atomic E-state index is 11.4. The molecule has 5 heteroatoms. The summed E-state index contributed by atoms with van der Waals surface area (Å²) in [7, 11) is 0. The molecule has 3 nitrogen and oxygen atoms in total. The highest BCUT2D eigenvalue weighted by Gasteiger charge is 2.07. The van der Waals surface area contributed by atoms with Crippen molar-refractivity contribution in [2.45, 2.75) is 26.2 Å². The van der Waals surface area contributed by atoms with Crippen molar-refractivity contribution in [1.82, 2.24) is 0 Å². The lowest BCUT2D eigenvalue weighted by Gasteiger charge is -2.09. The van der Waals surface area contributed by atoms with Crippen molar-refractivity contribution >= 4 is 33.5 Å². The van der Waals surface area contributed by atoms with Gasteiger partial charge in [-0.15, -0.1) is 0 Å². The van der Waals surface area contributed by atoms with E-state index >= 15 is 0 Å². The van der Waals surface area contributed by atoms with Gasteiger partial charge < -0.3 is 9.47 Å². The topological polar surface area (TPSA) is 35.5 Å². The molecular formula is C14H18BrClO3. The van der Waals surface area contributed by atoms with E-state index in [9.17, 15) is 4.79 Å². The predicted molar refractivity (Wildman–Crippen MR) is 80.3 cm³/mol. The number of alkyl halides is 1. The van der Waals surface area contributed by atoms with Gasteiger partial charge in [0.25, 0.3) is 0 Å². The molecule has 1 rings (SSSR count). The Morgan fingerprint density at radius 3 is 2.79 bits per heavy atom. The standard InChI is InChI=1S/C14H18BrClO3/c1-2-18-14(17)10-11-5-6-13(12(16)9-11)19-8-4-3-7-15/h5-6,9H,2-4,7-8,10H2,1H3. The van der Waals surface area contributed by atoms with Crippen molar-refractivity contribution < 1.29 is 14.3 Å². The van der Waals surface area contributed by atoms with Crippen LogP contribution in [-0.4, -0.2) is 24.5 Å². The Labute approximate surface area is 127 Å². The number of hydrogen-bond acceptors (Lipinski definition) is 3. The molecule has 0 unspecified atom stereocenters. The number of hydrogen-bond donors (Lipinski definition) is 0. The second-order valence-corrected chi connectivity index (χ2v) is 5.19. The highest BCUT2D eigenvalue weighted by Crippen LogP contribution is 2.26. The van der Waals surface area contributed by atoms with Crippen LogP contribution in [0.3, 0.4) is 0 Å². The zero-order valence-corrected chi connectivity index (χ0v) is 13.3. The third-order valence-corrected chi connectivity index (χ3v) is 3.29. The van der Waals surface area contributed by atoms with Crippen molar-refractivity contribution in [3.63, 3.8) is 0 Å². The van der Waals surface area contributed by atoms with Gasteiger partial charge in [0.2, 0.25) is 0 Å². The van der Waals surface area contributed by atoms with Crippen LogP contribution in [0.15, 0.2) is 18.2 Å². The molecule has 0 heterocycles. The summed E-state index contributed by atoms with van der Waals surface area (Å²) in [6.45, 7) is 2.82. The van der Waals surface area contributed by atoms with Crippen molar-refractivity contribution in [3.8, 4) is 5.75 Å². The first kappa shape index (κ1) is 16.3. The fourth-order valence-corrected chi connectivity index (χ4v) is 2.18. The lowest BCUT2D eigenvalue weighted by molar-refractivity contribution is -0.142. The van der Waals surface area contributed by atoms with Crippen molar-refractivity contribution in [2.24, 2.45) is 0 Å². The number of halogens is 2. The van der Waals surface area contributed by atoms with E-state index in [-0.39, 0.29) is 12.4 Å². The molecule has 0 saturated heterocycles. The van der Waals surface area contributed by atoms with Crippen LogP contribution in [0.4, 0.5) is 0 Å². The number of carbonyl (C=O) groups excluding carboxylic acids is 1. The fraction of sp³-hybridized carbons (Fsp3) is 0.500. The van der Waals surface area contributed by atoms with Gasteiger partial charge in [0.05, 0.1) is 24.7 Å². The minimum Gasteiger partial charge on any atom is -0.492 e. The summed E-state index contributed by atoms with van der Waals surface area (Å²) in [6, 6.07) is 5.38. The first-order valence-electron chi connectivity index (χ1n) is 6.30. The van der Waals surface area contributed by atoms with Gasteiger partial charge in [-0.1, -0.05) is 33.6 Å². The van der Waals surface area contributed by atoms with Gasteiger partial charge in [0.15, 0.2) is 0 Å². The molecule has 0 fully saturated rings. The summed E-state index contributed by atoms with van der Waals surface area (Å²) in [5.74, 6) is 0.411. The van der Waals surface area contributed by atoms with E-state index in [1.807, 2.05) is 6.07 Å². The number of carbonyl (C=O) groups is 1. The van der Waals surface area contributed by atoms with Gasteiger partial charge in [0, 0.05) is 5.33 Å². The smallest absolute Gasteiger partial charge is 0.310 e. The number of unbranched alkanes of at least 4 members (excludes halogenated alkanes) is 1. The van der Waals surface area contributed by atoms with E-state index in [1.54, 1.807) is 19.1 Å². The van der Waals surface area contributed by atoms with E-state index in [2.05, 4.69) is 15.9 Å². The second-order valence-electron chi connectivity index (χ2n) is 3.99. The summed E-state index contributed by atoms with van der Waals surface area (Å²) >= 11 is 9.49. The molecule has 0 amide bonds. The summed E-state index contributed by atoms with van der Waals surface area (Å²) < 4.78 is 10.5. The normalized spacial score (nSPS) is 10.3. The van der Waals surface area contributed by atoms with Gasteiger partial charge in [-0.3, -0.25) is 4.79 Å². The van der Waals surface area contributed by atoms with Gasteiger partial charge >= 0.3 is 5.97 Å². The van der Waals surface area contributed by atoms with E-state index < -0.39 is 0 Å². The number of esters is 1. The number of ether oxygens (including phenoxy) is 2.